The molecule has 6 nitrogen and oxygen atoms in total. The first-order valence-corrected chi connectivity index (χ1v) is 22.4. The summed E-state index contributed by atoms with van der Waals surface area (Å²) in [6.07, 6.45) is 15.7. The summed E-state index contributed by atoms with van der Waals surface area (Å²) in [5.74, 6) is 2.04. The SMILES string of the molecule is CC1(C)C2CCC(CN(CC3(O)CCC4C56C=CC7(C=C5C(=O)c5ccc(-c8ccccc8)cc5)CC(O)CCC7(C)C6CCC43C)C(=O)Nc3ccccc3)C1C2. The Morgan fingerprint density at radius 1 is 0.759 bits per heavy atom. The summed E-state index contributed by atoms with van der Waals surface area (Å²) in [5, 5.41) is 27.8. The van der Waals surface area contributed by atoms with E-state index in [1.165, 1.54) is 12.8 Å². The van der Waals surface area contributed by atoms with E-state index in [9.17, 15) is 15.0 Å². The Morgan fingerprint density at radius 3 is 2.12 bits per heavy atom. The van der Waals surface area contributed by atoms with Crippen molar-refractivity contribution in [3.8, 4) is 11.1 Å². The molecule has 0 saturated heterocycles. The van der Waals surface area contributed by atoms with Crippen molar-refractivity contribution in [3.05, 3.63) is 114 Å². The maximum atomic E-state index is 15.3. The van der Waals surface area contributed by atoms with Crippen LogP contribution in [0.1, 0.15) is 102 Å². The number of nitrogens with zero attached hydrogens (tertiary/aromatic N) is 1. The van der Waals surface area contributed by atoms with Gasteiger partial charge < -0.3 is 20.4 Å². The molecule has 12 rings (SSSR count). The van der Waals surface area contributed by atoms with Gasteiger partial charge in [-0.2, -0.15) is 0 Å². The number of rotatable bonds is 8. The number of hydrogen-bond donors (Lipinski definition) is 3. The molecular formula is C52H62N2O4. The fourth-order valence-electron chi connectivity index (χ4n) is 14.9. The van der Waals surface area contributed by atoms with E-state index in [-0.39, 0.29) is 41.0 Å². The summed E-state index contributed by atoms with van der Waals surface area (Å²) in [5.41, 5.74) is 2.07. The zero-order chi connectivity index (χ0) is 40.3. The minimum Gasteiger partial charge on any atom is -0.393 e. The van der Waals surface area contributed by atoms with Gasteiger partial charge >= 0.3 is 6.03 Å². The Labute approximate surface area is 345 Å². The normalized spacial score (nSPS) is 40.0. The number of nitrogens with one attached hydrogen (secondary N) is 1. The van der Waals surface area contributed by atoms with Gasteiger partial charge in [-0.05, 0) is 128 Å². The highest BCUT2D eigenvalue weighted by Gasteiger charge is 2.74. The van der Waals surface area contributed by atoms with Crippen molar-refractivity contribution in [2.24, 2.45) is 56.7 Å². The number of amides is 2. The summed E-state index contributed by atoms with van der Waals surface area (Å²) in [6, 6.07) is 28.0. The number of aliphatic hydroxyl groups is 2. The molecule has 58 heavy (non-hydrogen) atoms. The van der Waals surface area contributed by atoms with E-state index in [4.69, 9.17) is 0 Å². The first kappa shape index (κ1) is 38.2. The van der Waals surface area contributed by atoms with Gasteiger partial charge in [0, 0.05) is 39.6 Å². The fraction of sp³-hybridized carbons (Fsp3) is 0.538. The topological polar surface area (TPSA) is 89.9 Å². The molecular weight excluding hydrogens is 717 g/mol. The third-order valence-electron chi connectivity index (χ3n) is 18.4. The largest absolute Gasteiger partial charge is 0.393 e. The van der Waals surface area contributed by atoms with Gasteiger partial charge in [0.1, 0.15) is 0 Å². The van der Waals surface area contributed by atoms with Crippen LogP contribution in [0.4, 0.5) is 10.5 Å². The number of anilines is 1. The van der Waals surface area contributed by atoms with Gasteiger partial charge in [0.15, 0.2) is 5.78 Å². The van der Waals surface area contributed by atoms with Gasteiger partial charge in [0.05, 0.1) is 18.2 Å². The monoisotopic (exact) mass is 778 g/mol. The molecule has 0 aromatic heterocycles. The molecule has 0 heterocycles. The van der Waals surface area contributed by atoms with Gasteiger partial charge in [-0.3, -0.25) is 4.79 Å². The quantitative estimate of drug-likeness (QED) is 0.157. The maximum absolute atomic E-state index is 15.3. The average Bonchev–Trinajstić information content (AvgIpc) is 3.50. The van der Waals surface area contributed by atoms with Crippen molar-refractivity contribution in [2.45, 2.75) is 104 Å². The lowest BCUT2D eigenvalue weighted by molar-refractivity contribution is -0.176. The predicted octanol–water partition coefficient (Wildman–Crippen LogP) is 10.7. The molecule has 3 aromatic carbocycles. The summed E-state index contributed by atoms with van der Waals surface area (Å²) >= 11 is 0. The van der Waals surface area contributed by atoms with E-state index in [1.54, 1.807) is 0 Å². The van der Waals surface area contributed by atoms with Crippen LogP contribution in [0.2, 0.25) is 0 Å². The van der Waals surface area contributed by atoms with Crippen LogP contribution in [0.3, 0.4) is 0 Å². The number of hydrogen-bond acceptors (Lipinski definition) is 4. The predicted molar refractivity (Wildman–Crippen MR) is 230 cm³/mol. The second kappa shape index (κ2) is 13.2. The molecule has 6 fully saturated rings. The number of fused-ring (bicyclic) bond motifs is 3. The average molecular weight is 779 g/mol. The first-order chi connectivity index (χ1) is 27.7. The fourth-order valence-corrected chi connectivity index (χ4v) is 14.9. The molecule has 304 valence electrons. The minimum atomic E-state index is -1.13. The van der Waals surface area contributed by atoms with Crippen LogP contribution in [0, 0.1) is 56.7 Å². The molecule has 3 N–H and O–H groups in total. The first-order valence-electron chi connectivity index (χ1n) is 22.4. The zero-order valence-electron chi connectivity index (χ0n) is 34.9. The molecule has 0 aliphatic heterocycles. The molecule has 0 radical (unpaired) electrons. The van der Waals surface area contributed by atoms with Gasteiger partial charge in [-0.1, -0.05) is 119 Å². The Balaban J connectivity index is 1.02. The van der Waals surface area contributed by atoms with Crippen molar-refractivity contribution in [1.82, 2.24) is 4.90 Å². The molecule has 11 atom stereocenters. The smallest absolute Gasteiger partial charge is 0.321 e. The number of allylic oxidation sites excluding steroid dienone is 4. The van der Waals surface area contributed by atoms with E-state index in [2.05, 4.69) is 75.5 Å². The molecule has 3 aromatic rings. The molecule has 4 bridgehead atoms. The Morgan fingerprint density at radius 2 is 1.41 bits per heavy atom. The molecule has 9 aliphatic carbocycles. The Kier molecular flexibility index (Phi) is 8.73. The van der Waals surface area contributed by atoms with Crippen molar-refractivity contribution in [1.29, 1.82) is 0 Å². The number of aliphatic hydroxyl groups excluding tert-OH is 1. The number of para-hydroxylation sites is 1. The van der Waals surface area contributed by atoms with Gasteiger partial charge in [-0.15, -0.1) is 0 Å². The van der Waals surface area contributed by atoms with Crippen LogP contribution in [0.5, 0.6) is 0 Å². The van der Waals surface area contributed by atoms with E-state index in [1.807, 2.05) is 65.6 Å². The number of carbonyl (C=O) groups excluding carboxylic acids is 2. The second-order valence-electron chi connectivity index (χ2n) is 21.0. The lowest BCUT2D eigenvalue weighted by Gasteiger charge is -2.71. The minimum absolute atomic E-state index is 0.0146. The molecule has 6 heteroatoms. The van der Waals surface area contributed by atoms with Gasteiger partial charge in [-0.25, -0.2) is 4.79 Å². The Hall–Kier alpha value is -4.00. The molecule has 2 spiro atoms. The van der Waals surface area contributed by atoms with Gasteiger partial charge in [0.25, 0.3) is 0 Å². The highest BCUT2D eigenvalue weighted by Crippen LogP contribution is 2.78. The summed E-state index contributed by atoms with van der Waals surface area (Å²) < 4.78 is 0. The maximum Gasteiger partial charge on any atom is 0.321 e. The van der Waals surface area contributed by atoms with E-state index < -0.39 is 27.9 Å². The standard InChI is InChI=1S/C52H62N2O4/c1-47(2)38-20-19-37(41(47)29-38)32-54(46(57)53-39-13-9-6-10-14-39)33-51(58)26-23-44-49(51,4)25-22-43-48(3)24-21-40(55)30-50(48)27-28-52(43,44)42(31-50)45(56)36-17-15-35(16-18-36)34-11-7-5-8-12-34/h5-18,27-28,31,37-38,40-41,43-44,55,58H,19-26,29-30,32-33H2,1-4H3,(H,53,57). The molecule has 11 unspecified atom stereocenters. The number of urea groups is 1. The highest BCUT2D eigenvalue weighted by molar-refractivity contribution is 6.10. The molecule has 6 saturated carbocycles. The third kappa shape index (κ3) is 5.35. The van der Waals surface area contributed by atoms with Crippen molar-refractivity contribution >= 4 is 17.5 Å². The van der Waals surface area contributed by atoms with Crippen LogP contribution >= 0.6 is 0 Å². The van der Waals surface area contributed by atoms with Crippen molar-refractivity contribution in [2.75, 3.05) is 18.4 Å². The van der Waals surface area contributed by atoms with Crippen LogP contribution in [0.15, 0.2) is 109 Å². The second-order valence-corrected chi connectivity index (χ2v) is 21.0. The van der Waals surface area contributed by atoms with E-state index >= 15 is 4.79 Å². The number of Topliss-reactive ketones (excluding diaryl/α,β-unsaturated/α-hetero) is 1. The van der Waals surface area contributed by atoms with Crippen molar-refractivity contribution < 1.29 is 19.8 Å². The van der Waals surface area contributed by atoms with E-state index in [0.29, 0.717) is 36.8 Å². The molecule has 2 amide bonds. The Bertz CT molecular complexity index is 2160. The van der Waals surface area contributed by atoms with Crippen LogP contribution in [-0.4, -0.2) is 51.7 Å². The van der Waals surface area contributed by atoms with Gasteiger partial charge in [0.2, 0.25) is 0 Å². The number of carbonyl (C=O) groups is 2. The summed E-state index contributed by atoms with van der Waals surface area (Å²) in [4.78, 5) is 31.7. The summed E-state index contributed by atoms with van der Waals surface area (Å²) in [6.45, 7) is 10.5. The van der Waals surface area contributed by atoms with Crippen LogP contribution in [0.25, 0.3) is 11.1 Å². The summed E-state index contributed by atoms with van der Waals surface area (Å²) in [7, 11) is 0. The van der Waals surface area contributed by atoms with Crippen molar-refractivity contribution in [3.63, 3.8) is 0 Å². The number of benzene rings is 3. The third-order valence-corrected chi connectivity index (χ3v) is 18.4. The van der Waals surface area contributed by atoms with E-state index in [0.717, 1.165) is 66.8 Å². The zero-order valence-corrected chi connectivity index (χ0v) is 34.9. The lowest BCUT2D eigenvalue weighted by Crippen LogP contribution is -2.67. The van der Waals surface area contributed by atoms with Crippen LogP contribution in [-0.2, 0) is 0 Å². The number of ketones is 1. The highest BCUT2D eigenvalue weighted by atomic mass is 16.3. The molecule has 9 aliphatic rings. The lowest BCUT2D eigenvalue weighted by atomic mass is 9.32. The van der Waals surface area contributed by atoms with Crippen LogP contribution < -0.4 is 5.32 Å².